The van der Waals surface area contributed by atoms with Crippen LogP contribution in [0, 0.1) is 0 Å². The molecule has 0 spiro atoms. The molecule has 2 rings (SSSR count). The van der Waals surface area contributed by atoms with Crippen molar-refractivity contribution in [2.75, 3.05) is 0 Å². The van der Waals surface area contributed by atoms with Gasteiger partial charge >= 0.3 is 0 Å². The molecule has 1 aromatic rings. The van der Waals surface area contributed by atoms with E-state index in [9.17, 15) is 0 Å². The molecule has 0 saturated heterocycles. The summed E-state index contributed by atoms with van der Waals surface area (Å²) in [4.78, 5) is 5.63. The lowest BCUT2D eigenvalue weighted by Crippen LogP contribution is -1.84. The third-order valence-corrected chi connectivity index (χ3v) is 4.39. The van der Waals surface area contributed by atoms with Crippen molar-refractivity contribution in [1.82, 2.24) is 4.98 Å². The van der Waals surface area contributed by atoms with Crippen LogP contribution in [-0.2, 0) is 0 Å². The first kappa shape index (κ1) is 13.8. The quantitative estimate of drug-likeness (QED) is 0.666. The Morgan fingerprint density at radius 3 is 2.79 bits per heavy atom. The van der Waals surface area contributed by atoms with Gasteiger partial charge in [-0.2, -0.15) is 0 Å². The first-order chi connectivity index (χ1) is 9.17. The van der Waals surface area contributed by atoms with E-state index in [0.717, 1.165) is 23.4 Å². The van der Waals surface area contributed by atoms with Crippen molar-refractivity contribution in [3.8, 4) is 0 Å². The zero-order chi connectivity index (χ0) is 13.8. The van der Waals surface area contributed by atoms with E-state index < -0.39 is 0 Å². The van der Waals surface area contributed by atoms with Crippen molar-refractivity contribution in [2.24, 2.45) is 0 Å². The Bertz CT molecular complexity index is 584. The molecule has 1 saturated carbocycles. The SMILES string of the molecule is C=CC(=C)c1ncc(C(/C=C\C)=C2\CCCC2=C)s1. The second-order valence-electron chi connectivity index (χ2n) is 4.61. The minimum absolute atomic E-state index is 0.881. The highest BCUT2D eigenvalue weighted by molar-refractivity contribution is 7.13. The summed E-state index contributed by atoms with van der Waals surface area (Å²) in [5.74, 6) is 0. The summed E-state index contributed by atoms with van der Waals surface area (Å²) in [6.45, 7) is 13.9. The molecule has 0 radical (unpaired) electrons. The van der Waals surface area contributed by atoms with E-state index in [4.69, 9.17) is 0 Å². The molecule has 0 bridgehead atoms. The molecule has 0 amide bonds. The van der Waals surface area contributed by atoms with E-state index in [-0.39, 0.29) is 0 Å². The second kappa shape index (κ2) is 5.98. The summed E-state index contributed by atoms with van der Waals surface area (Å²) in [6, 6.07) is 0. The Morgan fingerprint density at radius 2 is 2.21 bits per heavy atom. The average molecular weight is 269 g/mol. The molecule has 19 heavy (non-hydrogen) atoms. The summed E-state index contributed by atoms with van der Waals surface area (Å²) >= 11 is 1.67. The predicted molar refractivity (Wildman–Crippen MR) is 86.1 cm³/mol. The molecule has 2 heteroatoms. The standard InChI is InChI=1S/C17H19NS/c1-5-8-15(14-10-7-9-13(14)4)16-11-18-17(19-16)12(3)6-2/h5-6,8,11H,2-4,7,9-10H2,1H3/b8-5-,15-14+. The van der Waals surface area contributed by atoms with Gasteiger partial charge in [-0.15, -0.1) is 11.3 Å². The lowest BCUT2D eigenvalue weighted by atomic mass is 10.0. The maximum Gasteiger partial charge on any atom is 0.123 e. The Balaban J connectivity index is 2.46. The van der Waals surface area contributed by atoms with Gasteiger partial charge in [0.1, 0.15) is 5.01 Å². The van der Waals surface area contributed by atoms with Crippen LogP contribution in [0.4, 0.5) is 0 Å². The molecule has 98 valence electrons. The summed E-state index contributed by atoms with van der Waals surface area (Å²) in [7, 11) is 0. The van der Waals surface area contributed by atoms with Gasteiger partial charge in [-0.25, -0.2) is 4.98 Å². The fourth-order valence-electron chi connectivity index (χ4n) is 2.26. The zero-order valence-electron chi connectivity index (χ0n) is 11.4. The van der Waals surface area contributed by atoms with E-state index in [0.29, 0.717) is 0 Å². The highest BCUT2D eigenvalue weighted by Gasteiger charge is 2.17. The van der Waals surface area contributed by atoms with Gasteiger partial charge < -0.3 is 0 Å². The number of thiazole rings is 1. The van der Waals surface area contributed by atoms with Gasteiger partial charge in [-0.1, -0.05) is 43.5 Å². The lowest BCUT2D eigenvalue weighted by molar-refractivity contribution is 0.934. The fraction of sp³-hybridized carbons (Fsp3) is 0.235. The number of nitrogens with zero attached hydrogens (tertiary/aromatic N) is 1. The Kier molecular flexibility index (Phi) is 4.33. The summed E-state index contributed by atoms with van der Waals surface area (Å²) in [5.41, 5.74) is 4.81. The lowest BCUT2D eigenvalue weighted by Gasteiger charge is -2.05. The topological polar surface area (TPSA) is 12.9 Å². The number of hydrogen-bond acceptors (Lipinski definition) is 2. The van der Waals surface area contributed by atoms with Gasteiger partial charge in [0, 0.05) is 11.8 Å². The Hall–Kier alpha value is -1.67. The number of aromatic nitrogens is 1. The van der Waals surface area contributed by atoms with Crippen LogP contribution in [-0.4, -0.2) is 4.98 Å². The van der Waals surface area contributed by atoms with Gasteiger partial charge in [-0.05, 0) is 37.3 Å². The fourth-order valence-corrected chi connectivity index (χ4v) is 3.20. The molecule has 1 heterocycles. The summed E-state index contributed by atoms with van der Waals surface area (Å²) in [5, 5.41) is 0.941. The van der Waals surface area contributed by atoms with Crippen LogP contribution in [0.1, 0.15) is 36.1 Å². The molecule has 0 aliphatic heterocycles. The monoisotopic (exact) mass is 269 g/mol. The summed E-state index contributed by atoms with van der Waals surface area (Å²) in [6.07, 6.45) is 11.4. The van der Waals surface area contributed by atoms with E-state index in [1.54, 1.807) is 17.4 Å². The van der Waals surface area contributed by atoms with Crippen molar-refractivity contribution < 1.29 is 0 Å². The molecule has 0 atom stereocenters. The van der Waals surface area contributed by atoms with Crippen molar-refractivity contribution in [1.29, 1.82) is 0 Å². The minimum atomic E-state index is 0.881. The largest absolute Gasteiger partial charge is 0.244 e. The van der Waals surface area contributed by atoms with Crippen molar-refractivity contribution in [3.63, 3.8) is 0 Å². The van der Waals surface area contributed by atoms with Gasteiger partial charge in [-0.3, -0.25) is 0 Å². The predicted octanol–water partition coefficient (Wildman–Crippen LogP) is 5.41. The van der Waals surface area contributed by atoms with Crippen molar-refractivity contribution in [3.05, 3.63) is 65.2 Å². The third-order valence-electron chi connectivity index (χ3n) is 3.28. The van der Waals surface area contributed by atoms with E-state index in [1.165, 1.54) is 28.0 Å². The van der Waals surface area contributed by atoms with Crippen LogP contribution in [0.3, 0.4) is 0 Å². The number of rotatable bonds is 4. The number of hydrogen-bond donors (Lipinski definition) is 0. The van der Waals surface area contributed by atoms with Crippen molar-refractivity contribution in [2.45, 2.75) is 26.2 Å². The Labute approximate surface area is 119 Å². The van der Waals surface area contributed by atoms with Crippen LogP contribution in [0.2, 0.25) is 0 Å². The van der Waals surface area contributed by atoms with Crippen LogP contribution >= 0.6 is 11.3 Å². The van der Waals surface area contributed by atoms with Gasteiger partial charge in [0.15, 0.2) is 0 Å². The zero-order valence-corrected chi connectivity index (χ0v) is 12.2. The van der Waals surface area contributed by atoms with E-state index in [2.05, 4.69) is 36.9 Å². The highest BCUT2D eigenvalue weighted by Crippen LogP contribution is 2.38. The van der Waals surface area contributed by atoms with Crippen LogP contribution in [0.25, 0.3) is 11.1 Å². The normalized spacial score (nSPS) is 18.1. The highest BCUT2D eigenvalue weighted by atomic mass is 32.1. The second-order valence-corrected chi connectivity index (χ2v) is 5.64. The average Bonchev–Trinajstić information content (AvgIpc) is 3.04. The van der Waals surface area contributed by atoms with Gasteiger partial charge in [0.2, 0.25) is 0 Å². The van der Waals surface area contributed by atoms with Crippen LogP contribution in [0.15, 0.2) is 55.3 Å². The van der Waals surface area contributed by atoms with E-state index >= 15 is 0 Å². The van der Waals surface area contributed by atoms with Gasteiger partial charge in [0.05, 0.1) is 4.88 Å². The molecule has 1 nitrogen and oxygen atoms in total. The van der Waals surface area contributed by atoms with Crippen LogP contribution in [0.5, 0.6) is 0 Å². The smallest absolute Gasteiger partial charge is 0.123 e. The maximum atomic E-state index is 4.44. The Morgan fingerprint density at radius 1 is 1.42 bits per heavy atom. The summed E-state index contributed by atoms with van der Waals surface area (Å²) < 4.78 is 0. The molecule has 0 unspecified atom stereocenters. The number of allylic oxidation sites excluding steroid dienone is 7. The van der Waals surface area contributed by atoms with Crippen LogP contribution < -0.4 is 0 Å². The van der Waals surface area contributed by atoms with Gasteiger partial charge in [0.25, 0.3) is 0 Å². The molecule has 0 N–H and O–H groups in total. The molecular weight excluding hydrogens is 250 g/mol. The minimum Gasteiger partial charge on any atom is -0.244 e. The van der Waals surface area contributed by atoms with Crippen molar-refractivity contribution >= 4 is 22.5 Å². The molecule has 1 aliphatic carbocycles. The molecule has 1 aliphatic rings. The first-order valence-corrected chi connectivity index (χ1v) is 7.31. The molecule has 0 aromatic carbocycles. The maximum absolute atomic E-state index is 4.44. The molecule has 1 aromatic heterocycles. The molecule has 1 fully saturated rings. The molecular formula is C17H19NS. The third kappa shape index (κ3) is 2.85. The first-order valence-electron chi connectivity index (χ1n) is 6.49. The van der Waals surface area contributed by atoms with E-state index in [1.807, 2.05) is 13.1 Å².